The number of hydrogen-bond acceptors (Lipinski definition) is 8. The summed E-state index contributed by atoms with van der Waals surface area (Å²) in [5, 5.41) is 14.1. The van der Waals surface area contributed by atoms with Gasteiger partial charge in [0.1, 0.15) is 11.3 Å². The third-order valence-electron chi connectivity index (χ3n) is 5.53. The maximum Gasteiger partial charge on any atom is 0.240 e. The van der Waals surface area contributed by atoms with Crippen molar-refractivity contribution < 1.29 is 4.42 Å². The number of rotatable bonds is 7. The molecule has 1 aromatic carbocycles. The number of tetrazole rings is 1. The van der Waals surface area contributed by atoms with Gasteiger partial charge in [0, 0.05) is 26.1 Å². The van der Waals surface area contributed by atoms with Crippen LogP contribution in [-0.2, 0) is 13.0 Å². The fourth-order valence-electron chi connectivity index (χ4n) is 3.89. The molecule has 10 heteroatoms. The zero-order valence-electron chi connectivity index (χ0n) is 19.1. The van der Waals surface area contributed by atoms with Crippen molar-refractivity contribution in [2.75, 3.05) is 19.0 Å². The van der Waals surface area contributed by atoms with Crippen molar-refractivity contribution in [1.82, 2.24) is 40.1 Å². The van der Waals surface area contributed by atoms with Gasteiger partial charge >= 0.3 is 0 Å². The van der Waals surface area contributed by atoms with E-state index in [0.717, 1.165) is 52.2 Å². The van der Waals surface area contributed by atoms with Crippen molar-refractivity contribution in [3.63, 3.8) is 0 Å². The highest BCUT2D eigenvalue weighted by Crippen LogP contribution is 2.31. The molecule has 168 valence electrons. The van der Waals surface area contributed by atoms with Gasteiger partial charge in [-0.1, -0.05) is 31.2 Å². The normalized spacial score (nSPS) is 11.4. The number of H-pyrrole nitrogens is 1. The first-order valence-corrected chi connectivity index (χ1v) is 10.9. The molecule has 0 saturated carbocycles. The molecule has 5 aromatic rings. The summed E-state index contributed by atoms with van der Waals surface area (Å²) in [7, 11) is 3.90. The minimum atomic E-state index is 0.430. The standard InChI is InChI=1S/C23H25N9O/c1-5-6-18-25-19-14(2)24-23(31(3)4)26-22(19)32(18)13-15-7-9-16(10-8-15)17-11-12-33-20(17)21-27-29-30-28-21/h7-12H,5-6,13H2,1-4H3,(H,27,28,29,30). The average Bonchev–Trinajstić information content (AvgIpc) is 3.55. The molecule has 0 atom stereocenters. The van der Waals surface area contributed by atoms with E-state index < -0.39 is 0 Å². The summed E-state index contributed by atoms with van der Waals surface area (Å²) in [6.07, 6.45) is 3.52. The van der Waals surface area contributed by atoms with Crippen LogP contribution in [-0.4, -0.2) is 54.2 Å². The quantitative estimate of drug-likeness (QED) is 0.405. The lowest BCUT2D eigenvalue weighted by Gasteiger charge is -2.13. The molecular formula is C23H25N9O. The van der Waals surface area contributed by atoms with Crippen LogP contribution in [0.3, 0.4) is 0 Å². The number of benzene rings is 1. The molecule has 0 unspecified atom stereocenters. The van der Waals surface area contributed by atoms with Crippen molar-refractivity contribution in [3.8, 4) is 22.7 Å². The third-order valence-corrected chi connectivity index (χ3v) is 5.53. The van der Waals surface area contributed by atoms with Crippen molar-refractivity contribution in [3.05, 3.63) is 53.7 Å². The Morgan fingerprint density at radius 1 is 1.06 bits per heavy atom. The number of anilines is 1. The predicted octanol–water partition coefficient (Wildman–Crippen LogP) is 3.64. The summed E-state index contributed by atoms with van der Waals surface area (Å²) in [4.78, 5) is 16.2. The number of furan rings is 1. The highest BCUT2D eigenvalue weighted by Gasteiger charge is 2.18. The van der Waals surface area contributed by atoms with Gasteiger partial charge in [-0.2, -0.15) is 10.2 Å². The summed E-state index contributed by atoms with van der Waals surface area (Å²) in [6.45, 7) is 4.83. The van der Waals surface area contributed by atoms with Crippen LogP contribution >= 0.6 is 0 Å². The molecule has 0 bridgehead atoms. The van der Waals surface area contributed by atoms with Crippen LogP contribution in [0, 0.1) is 6.92 Å². The number of aromatic amines is 1. The first-order chi connectivity index (χ1) is 16.0. The van der Waals surface area contributed by atoms with Gasteiger partial charge in [-0.05, 0) is 35.8 Å². The van der Waals surface area contributed by atoms with Crippen molar-refractivity contribution >= 4 is 17.1 Å². The molecule has 0 aliphatic heterocycles. The number of nitrogens with zero attached hydrogens (tertiary/aromatic N) is 8. The first-order valence-electron chi connectivity index (χ1n) is 10.9. The largest absolute Gasteiger partial charge is 0.460 e. The van der Waals surface area contributed by atoms with Crippen LogP contribution in [0.1, 0.15) is 30.4 Å². The van der Waals surface area contributed by atoms with E-state index in [0.29, 0.717) is 24.1 Å². The molecule has 0 spiro atoms. The number of aryl methyl sites for hydroxylation is 2. The van der Waals surface area contributed by atoms with Crippen LogP contribution in [0.4, 0.5) is 5.95 Å². The maximum absolute atomic E-state index is 5.60. The fraction of sp³-hybridized carbons (Fsp3) is 0.304. The second-order valence-electron chi connectivity index (χ2n) is 8.14. The van der Waals surface area contributed by atoms with Crippen LogP contribution in [0.25, 0.3) is 33.9 Å². The molecular weight excluding hydrogens is 418 g/mol. The zero-order valence-corrected chi connectivity index (χ0v) is 19.1. The lowest BCUT2D eigenvalue weighted by Crippen LogP contribution is -2.14. The average molecular weight is 444 g/mol. The Kier molecular flexibility index (Phi) is 5.33. The van der Waals surface area contributed by atoms with E-state index in [-0.39, 0.29) is 0 Å². The van der Waals surface area contributed by atoms with E-state index in [1.807, 2.05) is 32.0 Å². The number of imidazole rings is 1. The van der Waals surface area contributed by atoms with E-state index in [1.54, 1.807) is 6.26 Å². The fourth-order valence-corrected chi connectivity index (χ4v) is 3.89. The Hall–Kier alpha value is -4.08. The summed E-state index contributed by atoms with van der Waals surface area (Å²) < 4.78 is 7.80. The maximum atomic E-state index is 5.60. The highest BCUT2D eigenvalue weighted by atomic mass is 16.3. The molecule has 0 aliphatic rings. The van der Waals surface area contributed by atoms with E-state index in [9.17, 15) is 0 Å². The third kappa shape index (κ3) is 3.84. The molecule has 0 amide bonds. The van der Waals surface area contributed by atoms with Crippen molar-refractivity contribution in [2.45, 2.75) is 33.2 Å². The summed E-state index contributed by atoms with van der Waals surface area (Å²) in [5.41, 5.74) is 5.72. The minimum absolute atomic E-state index is 0.430. The van der Waals surface area contributed by atoms with Crippen LogP contribution in [0.2, 0.25) is 0 Å². The van der Waals surface area contributed by atoms with Crippen molar-refractivity contribution in [1.29, 1.82) is 0 Å². The zero-order chi connectivity index (χ0) is 22.9. The van der Waals surface area contributed by atoms with E-state index in [2.05, 4.69) is 61.4 Å². The van der Waals surface area contributed by atoms with Gasteiger partial charge < -0.3 is 13.9 Å². The molecule has 10 nitrogen and oxygen atoms in total. The second-order valence-corrected chi connectivity index (χ2v) is 8.14. The molecule has 33 heavy (non-hydrogen) atoms. The van der Waals surface area contributed by atoms with Gasteiger partial charge in [-0.15, -0.1) is 10.2 Å². The molecule has 1 N–H and O–H groups in total. The molecule has 4 heterocycles. The van der Waals surface area contributed by atoms with Gasteiger partial charge in [0.15, 0.2) is 11.4 Å². The smallest absolute Gasteiger partial charge is 0.240 e. The van der Waals surface area contributed by atoms with Crippen LogP contribution < -0.4 is 4.90 Å². The summed E-state index contributed by atoms with van der Waals surface area (Å²) in [5.74, 6) is 2.73. The lowest BCUT2D eigenvalue weighted by atomic mass is 10.0. The Balaban J connectivity index is 1.50. The Morgan fingerprint density at radius 3 is 2.58 bits per heavy atom. The number of aromatic nitrogens is 8. The second kappa shape index (κ2) is 8.45. The number of hydrogen-bond donors (Lipinski definition) is 1. The first kappa shape index (κ1) is 20.8. The summed E-state index contributed by atoms with van der Waals surface area (Å²) >= 11 is 0. The number of fused-ring (bicyclic) bond motifs is 1. The molecule has 0 saturated heterocycles. The van der Waals surface area contributed by atoms with Gasteiger partial charge in [0.2, 0.25) is 11.8 Å². The topological polar surface area (TPSA) is 114 Å². The Labute approximate surface area is 190 Å². The van der Waals surface area contributed by atoms with E-state index >= 15 is 0 Å². The molecule has 0 fully saturated rings. The molecule has 0 aliphatic carbocycles. The van der Waals surface area contributed by atoms with E-state index in [1.165, 1.54) is 0 Å². The van der Waals surface area contributed by atoms with E-state index in [4.69, 9.17) is 14.4 Å². The Morgan fingerprint density at radius 2 is 1.88 bits per heavy atom. The van der Waals surface area contributed by atoms with Gasteiger partial charge in [0.25, 0.3) is 0 Å². The van der Waals surface area contributed by atoms with Gasteiger partial charge in [0.05, 0.1) is 18.5 Å². The lowest BCUT2D eigenvalue weighted by molar-refractivity contribution is 0.578. The van der Waals surface area contributed by atoms with Gasteiger partial charge in [-0.3, -0.25) is 0 Å². The Bertz CT molecular complexity index is 1380. The highest BCUT2D eigenvalue weighted by molar-refractivity contribution is 5.77. The van der Waals surface area contributed by atoms with Crippen LogP contribution in [0.15, 0.2) is 41.0 Å². The molecule has 5 rings (SSSR count). The van der Waals surface area contributed by atoms with Gasteiger partial charge in [-0.25, -0.2) is 9.97 Å². The molecule has 4 aromatic heterocycles. The summed E-state index contributed by atoms with van der Waals surface area (Å²) in [6, 6.07) is 10.3. The minimum Gasteiger partial charge on any atom is -0.460 e. The predicted molar refractivity (Wildman–Crippen MR) is 125 cm³/mol. The monoisotopic (exact) mass is 443 g/mol. The van der Waals surface area contributed by atoms with Crippen molar-refractivity contribution in [2.24, 2.45) is 0 Å². The SMILES string of the molecule is CCCc1nc2c(C)nc(N(C)C)nc2n1Cc1ccc(-c2ccoc2-c2nn[nH]n2)cc1. The van der Waals surface area contributed by atoms with Crippen LogP contribution in [0.5, 0.6) is 0 Å². The molecule has 0 radical (unpaired) electrons. The number of nitrogens with one attached hydrogen (secondary N) is 1.